The minimum atomic E-state index is -4.11. The number of sulfonamides is 1. The van der Waals surface area contributed by atoms with E-state index in [0.717, 1.165) is 52.3 Å². The van der Waals surface area contributed by atoms with Crippen molar-refractivity contribution < 1.29 is 13.2 Å². The number of carbonyl (C=O) groups excluding carboxylic acids is 1. The van der Waals surface area contributed by atoms with E-state index < -0.39 is 15.9 Å². The largest absolute Gasteiger partial charge is 0.268 e. The highest BCUT2D eigenvalue weighted by molar-refractivity contribution is 7.90. The van der Waals surface area contributed by atoms with Crippen LogP contribution in [-0.2, 0) is 10.0 Å². The third-order valence-electron chi connectivity index (χ3n) is 6.81. The minimum absolute atomic E-state index is 0.0413. The summed E-state index contributed by atoms with van der Waals surface area (Å²) in [6, 6.07) is 24.8. The van der Waals surface area contributed by atoms with Crippen molar-refractivity contribution in [2.45, 2.75) is 37.5 Å². The lowest BCUT2D eigenvalue weighted by Crippen LogP contribution is -2.30. The molecule has 1 fully saturated rings. The Kier molecular flexibility index (Phi) is 5.84. The smallest absolute Gasteiger partial charge is 0.264 e. The highest BCUT2D eigenvalue weighted by atomic mass is 32.2. The molecule has 1 amide bonds. The lowest BCUT2D eigenvalue weighted by molar-refractivity contribution is 0.0981. The minimum Gasteiger partial charge on any atom is -0.268 e. The van der Waals surface area contributed by atoms with Crippen molar-refractivity contribution in [3.8, 4) is 22.3 Å². The first kappa shape index (κ1) is 24.1. The van der Waals surface area contributed by atoms with Gasteiger partial charge in [-0.3, -0.25) is 4.79 Å². The van der Waals surface area contributed by atoms with Crippen LogP contribution in [0.4, 0.5) is 0 Å². The fourth-order valence-corrected chi connectivity index (χ4v) is 6.04. The fourth-order valence-electron chi connectivity index (χ4n) is 4.84. The van der Waals surface area contributed by atoms with E-state index in [4.69, 9.17) is 10.1 Å². The number of nitrogens with zero attached hydrogens (tertiary/aromatic N) is 3. The summed E-state index contributed by atoms with van der Waals surface area (Å²) in [5.41, 5.74) is 7.40. The number of amides is 1. The van der Waals surface area contributed by atoms with Crippen molar-refractivity contribution in [2.24, 2.45) is 0 Å². The standard InChI is InChI=1S/C30H26N4O3S/c1-19-18-20(2)34-29(31-19)27(28(32-34)23-16-17-23)22-14-12-21(13-15-22)25-10-6-7-11-26(25)38(36,37)33-30(35)24-8-4-3-5-9-24/h3-15,18,23H,16-17H2,1-2H3,(H,33,35). The Morgan fingerprint density at radius 1 is 0.895 bits per heavy atom. The van der Waals surface area contributed by atoms with Crippen LogP contribution in [0.15, 0.2) is 89.8 Å². The molecule has 0 aliphatic heterocycles. The molecular formula is C30H26N4O3S. The van der Waals surface area contributed by atoms with Crippen molar-refractivity contribution in [3.05, 3.63) is 108 Å². The van der Waals surface area contributed by atoms with Gasteiger partial charge in [-0.15, -0.1) is 0 Å². The van der Waals surface area contributed by atoms with Crippen LogP contribution < -0.4 is 4.72 Å². The maximum atomic E-state index is 13.2. The first-order valence-corrected chi connectivity index (χ1v) is 14.0. The van der Waals surface area contributed by atoms with E-state index in [9.17, 15) is 13.2 Å². The second-order valence-corrected chi connectivity index (χ2v) is 11.3. The Morgan fingerprint density at radius 2 is 1.55 bits per heavy atom. The molecule has 2 heterocycles. The number of benzene rings is 3. The molecule has 1 saturated carbocycles. The summed E-state index contributed by atoms with van der Waals surface area (Å²) in [6.45, 7) is 4.02. The second-order valence-electron chi connectivity index (χ2n) is 9.68. The zero-order chi connectivity index (χ0) is 26.4. The summed E-state index contributed by atoms with van der Waals surface area (Å²) in [4.78, 5) is 17.4. The molecule has 1 N–H and O–H groups in total. The Labute approximate surface area is 221 Å². The lowest BCUT2D eigenvalue weighted by atomic mass is 9.99. The van der Waals surface area contributed by atoms with Gasteiger partial charge in [-0.1, -0.05) is 60.7 Å². The van der Waals surface area contributed by atoms with E-state index in [1.165, 1.54) is 6.07 Å². The van der Waals surface area contributed by atoms with Crippen molar-refractivity contribution >= 4 is 21.6 Å². The van der Waals surface area contributed by atoms with E-state index in [-0.39, 0.29) is 10.5 Å². The SMILES string of the molecule is Cc1cc(C)n2nc(C3CC3)c(-c3ccc(-c4ccccc4S(=O)(=O)NC(=O)c4ccccc4)cc3)c2n1. The molecule has 0 spiro atoms. The molecule has 190 valence electrons. The molecule has 1 aliphatic rings. The Morgan fingerprint density at radius 3 is 2.26 bits per heavy atom. The van der Waals surface area contributed by atoms with Crippen LogP contribution in [0.5, 0.6) is 0 Å². The number of fused-ring (bicyclic) bond motifs is 1. The predicted molar refractivity (Wildman–Crippen MR) is 146 cm³/mol. The molecule has 0 radical (unpaired) electrons. The number of carbonyl (C=O) groups is 1. The average molecular weight is 523 g/mol. The van der Waals surface area contributed by atoms with Gasteiger partial charge in [-0.25, -0.2) is 22.6 Å². The maximum absolute atomic E-state index is 13.2. The maximum Gasteiger partial charge on any atom is 0.264 e. The monoisotopic (exact) mass is 522 g/mol. The van der Waals surface area contributed by atoms with Gasteiger partial charge in [-0.2, -0.15) is 5.10 Å². The van der Waals surface area contributed by atoms with Crippen LogP contribution >= 0.6 is 0 Å². The summed E-state index contributed by atoms with van der Waals surface area (Å²) < 4.78 is 30.6. The molecule has 6 rings (SSSR count). The summed E-state index contributed by atoms with van der Waals surface area (Å²) in [6.07, 6.45) is 2.24. The van der Waals surface area contributed by atoms with Gasteiger partial charge < -0.3 is 0 Å². The summed E-state index contributed by atoms with van der Waals surface area (Å²) in [5.74, 6) is -0.236. The molecule has 0 unspecified atom stereocenters. The topological polar surface area (TPSA) is 93.4 Å². The normalized spacial score (nSPS) is 13.5. The zero-order valence-corrected chi connectivity index (χ0v) is 21.9. The van der Waals surface area contributed by atoms with Crippen LogP contribution in [0, 0.1) is 13.8 Å². The first-order valence-electron chi connectivity index (χ1n) is 12.5. The molecule has 0 bridgehead atoms. The van der Waals surface area contributed by atoms with Crippen molar-refractivity contribution in [1.29, 1.82) is 0 Å². The van der Waals surface area contributed by atoms with E-state index in [2.05, 4.69) is 4.72 Å². The highest BCUT2D eigenvalue weighted by Crippen LogP contribution is 2.45. The van der Waals surface area contributed by atoms with Gasteiger partial charge in [0, 0.05) is 28.4 Å². The van der Waals surface area contributed by atoms with Gasteiger partial charge >= 0.3 is 0 Å². The number of aryl methyl sites for hydroxylation is 2. The van der Waals surface area contributed by atoms with Gasteiger partial charge in [0.1, 0.15) is 0 Å². The summed E-state index contributed by atoms with van der Waals surface area (Å²) >= 11 is 0. The van der Waals surface area contributed by atoms with Crippen LogP contribution in [0.3, 0.4) is 0 Å². The van der Waals surface area contributed by atoms with E-state index in [0.29, 0.717) is 11.5 Å². The van der Waals surface area contributed by atoms with E-state index >= 15 is 0 Å². The van der Waals surface area contributed by atoms with Gasteiger partial charge in [0.15, 0.2) is 5.65 Å². The quantitative estimate of drug-likeness (QED) is 0.310. The number of nitrogens with one attached hydrogen (secondary N) is 1. The molecule has 38 heavy (non-hydrogen) atoms. The Bertz CT molecular complexity index is 1790. The molecule has 5 aromatic rings. The van der Waals surface area contributed by atoms with Crippen molar-refractivity contribution in [2.75, 3.05) is 0 Å². The van der Waals surface area contributed by atoms with Crippen LogP contribution in [0.25, 0.3) is 27.9 Å². The molecule has 3 aromatic carbocycles. The lowest BCUT2D eigenvalue weighted by Gasteiger charge is -2.12. The summed E-state index contributed by atoms with van der Waals surface area (Å²) in [7, 11) is -4.11. The number of hydrogen-bond acceptors (Lipinski definition) is 5. The molecule has 8 heteroatoms. The van der Waals surface area contributed by atoms with Crippen molar-refractivity contribution in [1.82, 2.24) is 19.3 Å². The van der Waals surface area contributed by atoms with E-state index in [1.807, 2.05) is 48.7 Å². The first-order chi connectivity index (χ1) is 18.3. The van der Waals surface area contributed by atoms with Crippen molar-refractivity contribution in [3.63, 3.8) is 0 Å². The Balaban J connectivity index is 1.38. The number of aromatic nitrogens is 3. The zero-order valence-electron chi connectivity index (χ0n) is 21.0. The van der Waals surface area contributed by atoms with Gasteiger partial charge in [0.2, 0.25) is 0 Å². The number of rotatable bonds is 6. The molecule has 0 atom stereocenters. The molecule has 2 aromatic heterocycles. The van der Waals surface area contributed by atoms with Gasteiger partial charge in [-0.05, 0) is 62.1 Å². The molecule has 7 nitrogen and oxygen atoms in total. The third kappa shape index (κ3) is 4.37. The van der Waals surface area contributed by atoms with Crippen LogP contribution in [-0.4, -0.2) is 28.9 Å². The highest BCUT2D eigenvalue weighted by Gasteiger charge is 2.32. The number of hydrogen-bond donors (Lipinski definition) is 1. The van der Waals surface area contributed by atoms with Crippen LogP contribution in [0.1, 0.15) is 46.2 Å². The molecule has 1 aliphatic carbocycles. The van der Waals surface area contributed by atoms with Crippen LogP contribution in [0.2, 0.25) is 0 Å². The Hall–Kier alpha value is -4.30. The molecule has 0 saturated heterocycles. The predicted octanol–water partition coefficient (Wildman–Crippen LogP) is 5.68. The van der Waals surface area contributed by atoms with Gasteiger partial charge in [0.05, 0.1) is 16.2 Å². The van der Waals surface area contributed by atoms with Gasteiger partial charge in [0.25, 0.3) is 15.9 Å². The molecular weight excluding hydrogens is 496 g/mol. The third-order valence-corrected chi connectivity index (χ3v) is 8.20. The second kappa shape index (κ2) is 9.22. The fraction of sp³-hybridized carbons (Fsp3) is 0.167. The summed E-state index contributed by atoms with van der Waals surface area (Å²) in [5, 5.41) is 4.91. The average Bonchev–Trinajstić information content (AvgIpc) is 3.69. The van der Waals surface area contributed by atoms with E-state index in [1.54, 1.807) is 48.5 Å².